The minimum absolute atomic E-state index is 0.0190. The second kappa shape index (κ2) is 4.58. The van der Waals surface area contributed by atoms with E-state index < -0.39 is 10.1 Å². The summed E-state index contributed by atoms with van der Waals surface area (Å²) in [5.41, 5.74) is 3.72. The van der Waals surface area contributed by atoms with Crippen molar-refractivity contribution in [2.75, 3.05) is 0 Å². The molecular formula is C16H14O3S. The molecular weight excluding hydrogens is 272 g/mol. The molecule has 1 N–H and O–H groups in total. The standard InChI is InChI=1S/C16H14O3S/c1-11-6-9-16(20(17,18)19)15(10-11)14-8-7-12-4-2-3-5-13(12)14/h2-10,14H,1H3,(H,17,18,19). The van der Waals surface area contributed by atoms with Crippen LogP contribution >= 0.6 is 0 Å². The molecule has 102 valence electrons. The molecule has 3 rings (SSSR count). The van der Waals surface area contributed by atoms with Crippen molar-refractivity contribution in [2.45, 2.75) is 17.7 Å². The lowest BCUT2D eigenvalue weighted by atomic mass is 9.92. The third-order valence-corrected chi connectivity index (χ3v) is 4.51. The topological polar surface area (TPSA) is 54.4 Å². The molecule has 1 aliphatic rings. The van der Waals surface area contributed by atoms with Crippen molar-refractivity contribution < 1.29 is 13.0 Å². The van der Waals surface area contributed by atoms with Crippen LogP contribution in [0.5, 0.6) is 0 Å². The predicted molar refractivity (Wildman–Crippen MR) is 78.3 cm³/mol. The average molecular weight is 286 g/mol. The molecule has 0 radical (unpaired) electrons. The van der Waals surface area contributed by atoms with Crippen LogP contribution in [0.25, 0.3) is 6.08 Å². The molecule has 0 spiro atoms. The van der Waals surface area contributed by atoms with Crippen LogP contribution in [0, 0.1) is 6.92 Å². The molecule has 1 atom stereocenters. The van der Waals surface area contributed by atoms with E-state index in [1.807, 2.05) is 49.4 Å². The van der Waals surface area contributed by atoms with Gasteiger partial charge in [-0.05, 0) is 29.7 Å². The van der Waals surface area contributed by atoms with Crippen molar-refractivity contribution in [3.05, 3.63) is 70.8 Å². The summed E-state index contributed by atoms with van der Waals surface area (Å²) >= 11 is 0. The van der Waals surface area contributed by atoms with Crippen molar-refractivity contribution in [3.8, 4) is 0 Å². The van der Waals surface area contributed by atoms with Gasteiger partial charge in [0.2, 0.25) is 0 Å². The van der Waals surface area contributed by atoms with Crippen LogP contribution in [0.4, 0.5) is 0 Å². The molecule has 2 aromatic rings. The van der Waals surface area contributed by atoms with Gasteiger partial charge in [-0.3, -0.25) is 4.55 Å². The molecule has 0 amide bonds. The van der Waals surface area contributed by atoms with Crippen LogP contribution in [-0.4, -0.2) is 13.0 Å². The molecule has 2 aromatic carbocycles. The van der Waals surface area contributed by atoms with Gasteiger partial charge in [0, 0.05) is 5.92 Å². The van der Waals surface area contributed by atoms with E-state index in [0.29, 0.717) is 5.56 Å². The number of allylic oxidation sites excluding steroid dienone is 1. The second-order valence-corrected chi connectivity index (χ2v) is 6.37. The quantitative estimate of drug-likeness (QED) is 0.861. The number of rotatable bonds is 2. The summed E-state index contributed by atoms with van der Waals surface area (Å²) in [5.74, 6) is -0.136. The molecule has 0 saturated heterocycles. The first kappa shape index (κ1) is 13.1. The minimum Gasteiger partial charge on any atom is -0.282 e. The highest BCUT2D eigenvalue weighted by molar-refractivity contribution is 7.85. The van der Waals surface area contributed by atoms with E-state index in [2.05, 4.69) is 0 Å². The van der Waals surface area contributed by atoms with Gasteiger partial charge in [-0.2, -0.15) is 8.42 Å². The lowest BCUT2D eigenvalue weighted by molar-refractivity contribution is 0.482. The van der Waals surface area contributed by atoms with E-state index in [-0.39, 0.29) is 10.8 Å². The Morgan fingerprint density at radius 1 is 1.05 bits per heavy atom. The van der Waals surface area contributed by atoms with Gasteiger partial charge in [-0.1, -0.05) is 54.1 Å². The van der Waals surface area contributed by atoms with Crippen molar-refractivity contribution >= 4 is 16.2 Å². The Kier molecular flexibility index (Phi) is 3.00. The summed E-state index contributed by atoms with van der Waals surface area (Å²) in [5, 5.41) is 0. The highest BCUT2D eigenvalue weighted by Gasteiger charge is 2.25. The van der Waals surface area contributed by atoms with Gasteiger partial charge in [-0.25, -0.2) is 0 Å². The summed E-state index contributed by atoms with van der Waals surface area (Å²) in [6.07, 6.45) is 3.95. The van der Waals surface area contributed by atoms with Crippen molar-refractivity contribution in [1.29, 1.82) is 0 Å². The zero-order valence-corrected chi connectivity index (χ0v) is 11.8. The highest BCUT2D eigenvalue weighted by Crippen LogP contribution is 2.38. The number of hydrogen-bond acceptors (Lipinski definition) is 2. The number of aryl methyl sites for hydroxylation is 1. The van der Waals surface area contributed by atoms with E-state index >= 15 is 0 Å². The summed E-state index contributed by atoms with van der Waals surface area (Å²) in [4.78, 5) is -0.0190. The van der Waals surface area contributed by atoms with Crippen LogP contribution < -0.4 is 0 Å². The van der Waals surface area contributed by atoms with E-state index in [0.717, 1.165) is 16.7 Å². The monoisotopic (exact) mass is 286 g/mol. The van der Waals surface area contributed by atoms with Gasteiger partial charge in [-0.15, -0.1) is 0 Å². The summed E-state index contributed by atoms with van der Waals surface area (Å²) < 4.78 is 32.5. The molecule has 3 nitrogen and oxygen atoms in total. The minimum atomic E-state index is -4.22. The molecule has 0 bridgehead atoms. The summed E-state index contributed by atoms with van der Waals surface area (Å²) in [7, 11) is -4.22. The predicted octanol–water partition coefficient (Wildman–Crippen LogP) is 3.40. The zero-order chi connectivity index (χ0) is 14.3. The largest absolute Gasteiger partial charge is 0.294 e. The van der Waals surface area contributed by atoms with E-state index in [9.17, 15) is 13.0 Å². The maximum Gasteiger partial charge on any atom is 0.294 e. The maximum absolute atomic E-state index is 11.6. The SMILES string of the molecule is Cc1ccc(S(=O)(=O)O)c(C2C=Cc3ccccc32)c1. The molecule has 0 fully saturated rings. The third-order valence-electron chi connectivity index (χ3n) is 3.58. The second-order valence-electron chi connectivity index (χ2n) is 4.98. The zero-order valence-electron chi connectivity index (χ0n) is 10.9. The van der Waals surface area contributed by atoms with Crippen LogP contribution in [0.3, 0.4) is 0 Å². The van der Waals surface area contributed by atoms with Gasteiger partial charge < -0.3 is 0 Å². The first-order valence-corrected chi connectivity index (χ1v) is 7.76. The van der Waals surface area contributed by atoms with Crippen LogP contribution in [0.1, 0.15) is 28.2 Å². The molecule has 0 aromatic heterocycles. The van der Waals surface area contributed by atoms with Gasteiger partial charge in [0.15, 0.2) is 0 Å². The molecule has 20 heavy (non-hydrogen) atoms. The third kappa shape index (κ3) is 2.17. The Morgan fingerprint density at radius 3 is 2.55 bits per heavy atom. The Labute approximate surface area is 118 Å². The molecule has 0 saturated carbocycles. The molecule has 1 aliphatic carbocycles. The Morgan fingerprint density at radius 2 is 1.80 bits per heavy atom. The van der Waals surface area contributed by atoms with Crippen LogP contribution in [-0.2, 0) is 10.1 Å². The highest BCUT2D eigenvalue weighted by atomic mass is 32.2. The van der Waals surface area contributed by atoms with Crippen LogP contribution in [0.2, 0.25) is 0 Å². The smallest absolute Gasteiger partial charge is 0.282 e. The summed E-state index contributed by atoms with van der Waals surface area (Å²) in [6, 6.07) is 12.8. The van der Waals surface area contributed by atoms with Gasteiger partial charge >= 0.3 is 0 Å². The lowest BCUT2D eigenvalue weighted by Crippen LogP contribution is -2.07. The maximum atomic E-state index is 11.6. The Hall–Kier alpha value is -1.91. The fourth-order valence-electron chi connectivity index (χ4n) is 2.67. The van der Waals surface area contributed by atoms with Gasteiger partial charge in [0.25, 0.3) is 10.1 Å². The fourth-order valence-corrected chi connectivity index (χ4v) is 3.39. The first-order chi connectivity index (χ1) is 9.47. The fraction of sp³-hybridized carbons (Fsp3) is 0.125. The van der Waals surface area contributed by atoms with Crippen molar-refractivity contribution in [1.82, 2.24) is 0 Å². The first-order valence-electron chi connectivity index (χ1n) is 6.32. The molecule has 0 heterocycles. The lowest BCUT2D eigenvalue weighted by Gasteiger charge is -2.15. The normalized spacial score (nSPS) is 17.2. The van der Waals surface area contributed by atoms with Crippen molar-refractivity contribution in [2.24, 2.45) is 0 Å². The number of benzene rings is 2. The van der Waals surface area contributed by atoms with Gasteiger partial charge in [0.05, 0.1) is 4.90 Å². The Bertz CT molecular complexity index is 804. The number of hydrogen-bond donors (Lipinski definition) is 1. The van der Waals surface area contributed by atoms with E-state index in [4.69, 9.17) is 0 Å². The average Bonchev–Trinajstić information content (AvgIpc) is 2.80. The molecule has 4 heteroatoms. The molecule has 1 unspecified atom stereocenters. The van der Waals surface area contributed by atoms with Crippen LogP contribution in [0.15, 0.2) is 53.4 Å². The van der Waals surface area contributed by atoms with Crippen molar-refractivity contribution in [3.63, 3.8) is 0 Å². The van der Waals surface area contributed by atoms with Gasteiger partial charge in [0.1, 0.15) is 0 Å². The number of fused-ring (bicyclic) bond motifs is 1. The van der Waals surface area contributed by atoms with E-state index in [1.54, 1.807) is 6.07 Å². The molecule has 0 aliphatic heterocycles. The summed E-state index contributed by atoms with van der Waals surface area (Å²) in [6.45, 7) is 1.90. The van der Waals surface area contributed by atoms with E-state index in [1.165, 1.54) is 6.07 Å². The Balaban J connectivity index is 2.22.